The Morgan fingerprint density at radius 1 is 1.44 bits per heavy atom. The summed E-state index contributed by atoms with van der Waals surface area (Å²) in [5.74, 6) is 0.877. The van der Waals surface area contributed by atoms with E-state index in [-0.39, 0.29) is 36.5 Å². The molecule has 1 aromatic rings. The van der Waals surface area contributed by atoms with Crippen LogP contribution < -0.4 is 10.1 Å². The lowest BCUT2D eigenvalue weighted by Crippen LogP contribution is -2.41. The highest BCUT2D eigenvalue weighted by Crippen LogP contribution is 2.29. The molecule has 0 amide bonds. The summed E-state index contributed by atoms with van der Waals surface area (Å²) in [7, 11) is 3.61. The van der Waals surface area contributed by atoms with Crippen LogP contribution in [0.2, 0.25) is 0 Å². The number of aliphatic imine (C=N–C) groups is 1. The van der Waals surface area contributed by atoms with Gasteiger partial charge in [0.2, 0.25) is 5.88 Å². The number of aromatic nitrogens is 1. The average Bonchev–Trinajstić information content (AvgIpc) is 2.54. The summed E-state index contributed by atoms with van der Waals surface area (Å²) in [5, 5.41) is 3.12. The van der Waals surface area contributed by atoms with Crippen molar-refractivity contribution >= 4 is 29.9 Å². The zero-order valence-electron chi connectivity index (χ0n) is 14.3. The maximum absolute atomic E-state index is 12.4. The molecule has 1 rings (SSSR count). The first kappa shape index (κ1) is 23.5. The lowest BCUT2D eigenvalue weighted by molar-refractivity contribution is -0.137. The summed E-state index contributed by atoms with van der Waals surface area (Å²) in [4.78, 5) is 9.79. The van der Waals surface area contributed by atoms with Crippen LogP contribution in [0.25, 0.3) is 0 Å². The number of rotatable bonds is 8. The molecule has 0 radical (unpaired) electrons. The van der Waals surface area contributed by atoms with Crippen molar-refractivity contribution in [2.75, 3.05) is 33.8 Å². The van der Waals surface area contributed by atoms with Gasteiger partial charge in [-0.05, 0) is 18.9 Å². The summed E-state index contributed by atoms with van der Waals surface area (Å²) >= 11 is 0. The number of hydrogen-bond acceptors (Lipinski definition) is 3. The number of nitrogens with one attached hydrogen (secondary N) is 1. The van der Waals surface area contributed by atoms with Gasteiger partial charge in [-0.25, -0.2) is 4.98 Å². The number of nitrogens with zero attached hydrogens (tertiary/aromatic N) is 3. The van der Waals surface area contributed by atoms with Gasteiger partial charge >= 0.3 is 6.18 Å². The summed E-state index contributed by atoms with van der Waals surface area (Å²) in [5.41, 5.74) is -0.797. The molecule has 0 saturated heterocycles. The van der Waals surface area contributed by atoms with E-state index in [0.717, 1.165) is 37.6 Å². The fourth-order valence-corrected chi connectivity index (χ4v) is 1.92. The Morgan fingerprint density at radius 2 is 2.16 bits per heavy atom. The second-order valence-electron chi connectivity index (χ2n) is 5.06. The maximum Gasteiger partial charge on any atom is 0.417 e. The summed E-state index contributed by atoms with van der Waals surface area (Å²) in [6, 6.07) is 2.15. The quantitative estimate of drug-likeness (QED) is 0.207. The van der Waals surface area contributed by atoms with Gasteiger partial charge in [0.25, 0.3) is 0 Å². The lowest BCUT2D eigenvalue weighted by Gasteiger charge is -2.21. The molecule has 0 atom stereocenters. The third-order valence-corrected chi connectivity index (χ3v) is 3.17. The standard InChI is InChI=1S/C16H23F3N4O.HI/c1-4-5-6-10-23(3)15(20-2)21-9-11-24-14-8-7-13(12-22-14)16(17,18)19;/h4,7-8,12H,1,5-6,9-11H2,2-3H3,(H,20,21);1H. The van der Waals surface area contributed by atoms with Crippen molar-refractivity contribution < 1.29 is 17.9 Å². The molecular weight excluding hydrogens is 448 g/mol. The molecule has 1 aromatic heterocycles. The van der Waals surface area contributed by atoms with Crippen LogP contribution in [-0.2, 0) is 6.18 Å². The second-order valence-corrected chi connectivity index (χ2v) is 5.06. The van der Waals surface area contributed by atoms with E-state index in [0.29, 0.717) is 6.54 Å². The number of ether oxygens (including phenoxy) is 1. The number of pyridine rings is 1. The van der Waals surface area contributed by atoms with Crippen molar-refractivity contribution in [3.8, 4) is 5.88 Å². The van der Waals surface area contributed by atoms with Gasteiger partial charge in [0.1, 0.15) is 6.61 Å². The van der Waals surface area contributed by atoms with Gasteiger partial charge in [-0.1, -0.05) is 6.08 Å². The predicted octanol–water partition coefficient (Wildman–Crippen LogP) is 3.57. The Bertz CT molecular complexity index is 535. The van der Waals surface area contributed by atoms with Crippen molar-refractivity contribution in [3.63, 3.8) is 0 Å². The molecule has 25 heavy (non-hydrogen) atoms. The molecule has 1 heterocycles. The Labute approximate surface area is 163 Å². The topological polar surface area (TPSA) is 49.8 Å². The number of guanidine groups is 1. The Hall–Kier alpha value is -1.52. The predicted molar refractivity (Wildman–Crippen MR) is 104 cm³/mol. The molecule has 0 saturated carbocycles. The summed E-state index contributed by atoms with van der Waals surface area (Å²) < 4.78 is 42.6. The highest BCUT2D eigenvalue weighted by molar-refractivity contribution is 14.0. The minimum Gasteiger partial charge on any atom is -0.476 e. The van der Waals surface area contributed by atoms with Gasteiger partial charge in [-0.3, -0.25) is 4.99 Å². The molecule has 0 unspecified atom stereocenters. The van der Waals surface area contributed by atoms with Crippen LogP contribution in [0.5, 0.6) is 5.88 Å². The van der Waals surface area contributed by atoms with E-state index in [2.05, 4.69) is 21.9 Å². The van der Waals surface area contributed by atoms with Gasteiger partial charge in [-0.15, -0.1) is 30.6 Å². The summed E-state index contributed by atoms with van der Waals surface area (Å²) in [6.45, 7) is 5.24. The highest BCUT2D eigenvalue weighted by Gasteiger charge is 2.30. The molecule has 0 aromatic carbocycles. The van der Waals surface area contributed by atoms with Crippen molar-refractivity contribution in [1.82, 2.24) is 15.2 Å². The normalized spacial score (nSPS) is 11.5. The Balaban J connectivity index is 0.00000576. The van der Waals surface area contributed by atoms with Gasteiger partial charge < -0.3 is 15.0 Å². The molecule has 1 N–H and O–H groups in total. The molecular formula is C16H24F3IN4O. The number of allylic oxidation sites excluding steroid dienone is 1. The van der Waals surface area contributed by atoms with Crippen LogP contribution in [0.15, 0.2) is 36.0 Å². The third-order valence-electron chi connectivity index (χ3n) is 3.17. The van der Waals surface area contributed by atoms with Crippen LogP contribution in [-0.4, -0.2) is 49.6 Å². The minimum atomic E-state index is -4.39. The Morgan fingerprint density at radius 3 is 2.68 bits per heavy atom. The van der Waals surface area contributed by atoms with Gasteiger partial charge in [-0.2, -0.15) is 13.2 Å². The number of unbranched alkanes of at least 4 members (excludes halogenated alkanes) is 1. The van der Waals surface area contributed by atoms with E-state index < -0.39 is 11.7 Å². The average molecular weight is 472 g/mol. The molecule has 5 nitrogen and oxygen atoms in total. The monoisotopic (exact) mass is 472 g/mol. The first-order valence-electron chi connectivity index (χ1n) is 7.57. The van der Waals surface area contributed by atoms with Crippen LogP contribution in [0, 0.1) is 0 Å². The van der Waals surface area contributed by atoms with E-state index in [1.54, 1.807) is 7.05 Å². The molecule has 0 aliphatic carbocycles. The van der Waals surface area contributed by atoms with Gasteiger partial charge in [0.05, 0.1) is 12.1 Å². The first-order valence-corrected chi connectivity index (χ1v) is 7.57. The number of hydrogen-bond donors (Lipinski definition) is 1. The molecule has 0 fully saturated rings. The minimum absolute atomic E-state index is 0. The lowest BCUT2D eigenvalue weighted by atomic mass is 10.3. The van der Waals surface area contributed by atoms with E-state index in [1.165, 1.54) is 6.07 Å². The van der Waals surface area contributed by atoms with Gasteiger partial charge in [0, 0.05) is 32.9 Å². The van der Waals surface area contributed by atoms with E-state index in [4.69, 9.17) is 4.74 Å². The Kier molecular flexibility index (Phi) is 11.2. The van der Waals surface area contributed by atoms with Crippen LogP contribution in [0.4, 0.5) is 13.2 Å². The fraction of sp³-hybridized carbons (Fsp3) is 0.500. The van der Waals surface area contributed by atoms with Crippen molar-refractivity contribution in [3.05, 3.63) is 36.5 Å². The van der Waals surface area contributed by atoms with E-state index in [9.17, 15) is 13.2 Å². The molecule has 0 bridgehead atoms. The fourth-order valence-electron chi connectivity index (χ4n) is 1.92. The van der Waals surface area contributed by atoms with E-state index >= 15 is 0 Å². The van der Waals surface area contributed by atoms with Crippen molar-refractivity contribution in [2.45, 2.75) is 19.0 Å². The highest BCUT2D eigenvalue weighted by atomic mass is 127. The molecule has 9 heteroatoms. The molecule has 0 aliphatic rings. The second kappa shape index (κ2) is 11.9. The van der Waals surface area contributed by atoms with Crippen molar-refractivity contribution in [1.29, 1.82) is 0 Å². The summed E-state index contributed by atoms with van der Waals surface area (Å²) in [6.07, 6.45) is 0.149. The van der Waals surface area contributed by atoms with Crippen LogP contribution >= 0.6 is 24.0 Å². The third kappa shape index (κ3) is 8.94. The molecule has 0 spiro atoms. The molecule has 0 aliphatic heterocycles. The van der Waals surface area contributed by atoms with Crippen LogP contribution in [0.1, 0.15) is 18.4 Å². The number of halogens is 4. The first-order chi connectivity index (χ1) is 11.4. The van der Waals surface area contributed by atoms with Crippen LogP contribution in [0.3, 0.4) is 0 Å². The smallest absolute Gasteiger partial charge is 0.417 e. The zero-order valence-corrected chi connectivity index (χ0v) is 16.7. The van der Waals surface area contributed by atoms with Crippen molar-refractivity contribution in [2.24, 2.45) is 4.99 Å². The van der Waals surface area contributed by atoms with Gasteiger partial charge in [0.15, 0.2) is 5.96 Å². The SMILES string of the molecule is C=CCCCN(C)C(=NC)NCCOc1ccc(C(F)(F)F)cn1.I. The maximum atomic E-state index is 12.4. The largest absolute Gasteiger partial charge is 0.476 e. The zero-order chi connectivity index (χ0) is 18.0. The molecule has 142 valence electrons. The van der Waals surface area contributed by atoms with E-state index in [1.807, 2.05) is 18.0 Å². The number of alkyl halides is 3.